The lowest BCUT2D eigenvalue weighted by atomic mass is 10.2. The maximum absolute atomic E-state index is 8.75. The molecule has 90 valence electrons. The van der Waals surface area contributed by atoms with Crippen LogP contribution in [-0.2, 0) is 6.61 Å². The van der Waals surface area contributed by atoms with E-state index in [0.717, 1.165) is 10.2 Å². The highest BCUT2D eigenvalue weighted by Gasteiger charge is 2.02. The molecule has 0 saturated carbocycles. The van der Waals surface area contributed by atoms with E-state index in [1.165, 1.54) is 0 Å². The monoisotopic (exact) mass is 322 g/mol. The Morgan fingerprint density at radius 1 is 1.33 bits per heavy atom. The normalized spacial score (nSPS) is 9.83. The van der Waals surface area contributed by atoms with Crippen LogP contribution in [0.15, 0.2) is 41.0 Å². The predicted molar refractivity (Wildman–Crippen MR) is 72.4 cm³/mol. The van der Waals surface area contributed by atoms with E-state index in [-0.39, 0.29) is 0 Å². The summed E-state index contributed by atoms with van der Waals surface area (Å²) >= 11 is 9.22. The van der Waals surface area contributed by atoms with E-state index in [4.69, 9.17) is 21.6 Å². The van der Waals surface area contributed by atoms with Gasteiger partial charge in [-0.3, -0.25) is 4.98 Å². The minimum absolute atomic E-state index is 0.357. The molecule has 0 unspecified atom stereocenters. The van der Waals surface area contributed by atoms with Gasteiger partial charge in [-0.1, -0.05) is 11.6 Å². The number of benzene rings is 1. The molecule has 0 atom stereocenters. The van der Waals surface area contributed by atoms with Crippen molar-refractivity contribution in [1.29, 1.82) is 5.26 Å². The zero-order valence-corrected chi connectivity index (χ0v) is 11.6. The topological polar surface area (TPSA) is 45.9 Å². The summed E-state index contributed by atoms with van der Waals surface area (Å²) < 4.78 is 6.46. The Morgan fingerprint density at radius 2 is 2.17 bits per heavy atom. The van der Waals surface area contributed by atoms with Crippen LogP contribution in [0, 0.1) is 11.3 Å². The molecule has 2 aromatic rings. The first-order chi connectivity index (χ1) is 8.69. The van der Waals surface area contributed by atoms with Crippen LogP contribution in [-0.4, -0.2) is 4.98 Å². The molecule has 0 aliphatic heterocycles. The quantitative estimate of drug-likeness (QED) is 0.859. The minimum Gasteiger partial charge on any atom is -0.487 e. The van der Waals surface area contributed by atoms with Crippen molar-refractivity contribution >= 4 is 27.5 Å². The molecule has 0 aliphatic carbocycles. The third kappa shape index (κ3) is 3.22. The number of pyridine rings is 1. The molecule has 0 bridgehead atoms. The van der Waals surface area contributed by atoms with E-state index >= 15 is 0 Å². The SMILES string of the molecule is N#Cc1ccc(OCc2ccc(Br)cn2)cc1Cl. The number of hydrogen-bond donors (Lipinski definition) is 0. The van der Waals surface area contributed by atoms with Gasteiger partial charge in [-0.2, -0.15) is 5.26 Å². The van der Waals surface area contributed by atoms with Crippen molar-refractivity contribution in [2.75, 3.05) is 0 Å². The van der Waals surface area contributed by atoms with E-state index < -0.39 is 0 Å². The molecule has 0 radical (unpaired) electrons. The van der Waals surface area contributed by atoms with Crippen LogP contribution >= 0.6 is 27.5 Å². The average Bonchev–Trinajstić information content (AvgIpc) is 2.38. The molecule has 18 heavy (non-hydrogen) atoms. The fraction of sp³-hybridized carbons (Fsp3) is 0.0769. The molecule has 0 N–H and O–H groups in total. The molecule has 0 amide bonds. The van der Waals surface area contributed by atoms with Crippen LogP contribution in [0.25, 0.3) is 0 Å². The van der Waals surface area contributed by atoms with Crippen LogP contribution in [0.2, 0.25) is 5.02 Å². The summed E-state index contributed by atoms with van der Waals surface area (Å²) in [5, 5.41) is 9.14. The van der Waals surface area contributed by atoms with Crippen molar-refractivity contribution in [3.05, 3.63) is 57.3 Å². The molecule has 1 aromatic carbocycles. The molecule has 1 aromatic heterocycles. The smallest absolute Gasteiger partial charge is 0.130 e. The fourth-order valence-electron chi connectivity index (χ4n) is 1.33. The molecule has 0 fully saturated rings. The lowest BCUT2D eigenvalue weighted by Gasteiger charge is -2.06. The van der Waals surface area contributed by atoms with Crippen molar-refractivity contribution in [2.45, 2.75) is 6.61 Å². The molecule has 5 heteroatoms. The maximum atomic E-state index is 8.75. The summed E-state index contributed by atoms with van der Waals surface area (Å²) in [6.07, 6.45) is 1.71. The largest absolute Gasteiger partial charge is 0.487 e. The van der Waals surface area contributed by atoms with Gasteiger partial charge in [-0.15, -0.1) is 0 Å². The Labute approximate surface area is 118 Å². The van der Waals surface area contributed by atoms with Crippen LogP contribution in [0.5, 0.6) is 5.75 Å². The Kier molecular flexibility index (Phi) is 4.19. The molecule has 3 nitrogen and oxygen atoms in total. The Hall–Kier alpha value is -1.57. The van der Waals surface area contributed by atoms with Gasteiger partial charge in [0.25, 0.3) is 0 Å². The number of nitrogens with zero attached hydrogens (tertiary/aromatic N) is 2. The predicted octanol–water partition coefficient (Wildman–Crippen LogP) is 3.95. The third-order valence-corrected chi connectivity index (χ3v) is 3.02. The van der Waals surface area contributed by atoms with E-state index in [1.807, 2.05) is 18.2 Å². The summed E-state index contributed by atoms with van der Waals surface area (Å²) in [6, 6.07) is 10.7. The highest BCUT2D eigenvalue weighted by molar-refractivity contribution is 9.10. The highest BCUT2D eigenvalue weighted by Crippen LogP contribution is 2.22. The van der Waals surface area contributed by atoms with Crippen LogP contribution in [0.4, 0.5) is 0 Å². The summed E-state index contributed by atoms with van der Waals surface area (Å²) in [5.41, 5.74) is 1.25. The number of nitriles is 1. The first-order valence-corrected chi connectivity index (χ1v) is 6.29. The van der Waals surface area contributed by atoms with Gasteiger partial charge < -0.3 is 4.74 Å². The number of ether oxygens (including phenoxy) is 1. The van der Waals surface area contributed by atoms with Crippen molar-refractivity contribution in [2.24, 2.45) is 0 Å². The number of hydrogen-bond acceptors (Lipinski definition) is 3. The van der Waals surface area contributed by atoms with Crippen LogP contribution in [0.3, 0.4) is 0 Å². The zero-order valence-electron chi connectivity index (χ0n) is 9.23. The first kappa shape index (κ1) is 12.9. The highest BCUT2D eigenvalue weighted by atomic mass is 79.9. The second-order valence-electron chi connectivity index (χ2n) is 3.51. The molecule has 0 saturated heterocycles. The van der Waals surface area contributed by atoms with Gasteiger partial charge in [0.2, 0.25) is 0 Å². The van der Waals surface area contributed by atoms with Gasteiger partial charge >= 0.3 is 0 Å². The van der Waals surface area contributed by atoms with Gasteiger partial charge in [0.05, 0.1) is 16.3 Å². The average molecular weight is 324 g/mol. The Bertz CT molecular complexity index is 593. The van der Waals surface area contributed by atoms with Crippen molar-refractivity contribution in [3.8, 4) is 11.8 Å². The Morgan fingerprint density at radius 3 is 2.78 bits per heavy atom. The van der Waals surface area contributed by atoms with Crippen molar-refractivity contribution < 1.29 is 4.74 Å². The maximum Gasteiger partial charge on any atom is 0.130 e. The van der Waals surface area contributed by atoms with Crippen molar-refractivity contribution in [3.63, 3.8) is 0 Å². The van der Waals surface area contributed by atoms with Gasteiger partial charge in [-0.25, -0.2) is 0 Å². The fourth-order valence-corrected chi connectivity index (χ4v) is 1.77. The molecule has 1 heterocycles. The number of rotatable bonds is 3. The molecular formula is C13H8BrClN2O. The summed E-state index contributed by atoms with van der Waals surface area (Å²) in [7, 11) is 0. The van der Waals surface area contributed by atoms with Gasteiger partial charge in [0.15, 0.2) is 0 Å². The number of halogens is 2. The third-order valence-electron chi connectivity index (χ3n) is 2.24. The molecular weight excluding hydrogens is 316 g/mol. The van der Waals surface area contributed by atoms with Gasteiger partial charge in [0, 0.05) is 16.7 Å². The minimum atomic E-state index is 0.357. The molecule has 2 rings (SSSR count). The van der Waals surface area contributed by atoms with Crippen LogP contribution in [0.1, 0.15) is 11.3 Å². The lowest BCUT2D eigenvalue weighted by molar-refractivity contribution is 0.301. The van der Waals surface area contributed by atoms with E-state index in [0.29, 0.717) is 22.9 Å². The lowest BCUT2D eigenvalue weighted by Crippen LogP contribution is -1.97. The van der Waals surface area contributed by atoms with E-state index in [1.54, 1.807) is 24.4 Å². The second kappa shape index (κ2) is 5.85. The van der Waals surface area contributed by atoms with E-state index in [9.17, 15) is 0 Å². The first-order valence-electron chi connectivity index (χ1n) is 5.12. The van der Waals surface area contributed by atoms with Gasteiger partial charge in [-0.05, 0) is 40.2 Å². The zero-order chi connectivity index (χ0) is 13.0. The van der Waals surface area contributed by atoms with E-state index in [2.05, 4.69) is 20.9 Å². The summed E-state index contributed by atoms with van der Waals surface area (Å²) in [5.74, 6) is 0.615. The summed E-state index contributed by atoms with van der Waals surface area (Å²) in [6.45, 7) is 0.357. The standard InChI is InChI=1S/C13H8BrClN2O/c14-10-2-3-11(17-7-10)8-18-12-4-1-9(6-16)13(15)5-12/h1-5,7H,8H2. The Balaban J connectivity index is 2.04. The van der Waals surface area contributed by atoms with Gasteiger partial charge in [0.1, 0.15) is 18.4 Å². The molecule has 0 aliphatic rings. The van der Waals surface area contributed by atoms with Crippen molar-refractivity contribution in [1.82, 2.24) is 4.98 Å². The van der Waals surface area contributed by atoms with Crippen LogP contribution < -0.4 is 4.74 Å². The second-order valence-corrected chi connectivity index (χ2v) is 4.83. The summed E-state index contributed by atoms with van der Waals surface area (Å²) in [4.78, 5) is 4.19. The molecule has 0 spiro atoms. The number of aromatic nitrogens is 1.